The van der Waals surface area contributed by atoms with Crippen LogP contribution in [0.4, 0.5) is 5.69 Å². The molecule has 4 rings (SSSR count). The lowest BCUT2D eigenvalue weighted by Gasteiger charge is -2.14. The van der Waals surface area contributed by atoms with Gasteiger partial charge in [0.1, 0.15) is 5.75 Å². The Morgan fingerprint density at radius 3 is 2.71 bits per heavy atom. The quantitative estimate of drug-likeness (QED) is 0.886. The van der Waals surface area contributed by atoms with Crippen molar-refractivity contribution in [3.8, 4) is 5.75 Å². The van der Waals surface area contributed by atoms with Crippen LogP contribution in [0.3, 0.4) is 0 Å². The minimum absolute atomic E-state index is 0.0467. The number of carbonyl (C=O) groups is 1. The van der Waals surface area contributed by atoms with Gasteiger partial charge in [0.15, 0.2) is 0 Å². The Morgan fingerprint density at radius 1 is 1.10 bits per heavy atom. The highest BCUT2D eigenvalue weighted by Gasteiger charge is 2.20. The highest BCUT2D eigenvalue weighted by molar-refractivity contribution is 5.99. The van der Waals surface area contributed by atoms with Crippen LogP contribution in [0.5, 0.6) is 5.75 Å². The summed E-state index contributed by atoms with van der Waals surface area (Å²) in [5.41, 5.74) is 11.7. The summed E-state index contributed by atoms with van der Waals surface area (Å²) < 4.78 is 5.52. The van der Waals surface area contributed by atoms with E-state index in [0.29, 0.717) is 6.42 Å². The SMILES string of the molecule is NC(c1ccc2c(c1)CC(=O)N2)c1ccc2c(c1)CCO2. The molecule has 2 aromatic carbocycles. The van der Waals surface area contributed by atoms with E-state index in [-0.39, 0.29) is 11.9 Å². The Kier molecular flexibility index (Phi) is 2.72. The summed E-state index contributed by atoms with van der Waals surface area (Å²) in [5, 5.41) is 2.84. The van der Waals surface area contributed by atoms with Crippen LogP contribution in [0.15, 0.2) is 36.4 Å². The molecule has 21 heavy (non-hydrogen) atoms. The zero-order valence-corrected chi connectivity index (χ0v) is 11.6. The molecule has 0 spiro atoms. The van der Waals surface area contributed by atoms with Crippen molar-refractivity contribution in [3.05, 3.63) is 58.7 Å². The molecule has 4 heteroatoms. The fourth-order valence-corrected chi connectivity index (χ4v) is 3.04. The number of hydrogen-bond acceptors (Lipinski definition) is 3. The number of carbonyl (C=O) groups excluding carboxylic acids is 1. The number of hydrogen-bond donors (Lipinski definition) is 2. The highest BCUT2D eigenvalue weighted by Crippen LogP contribution is 2.31. The predicted octanol–water partition coefficient (Wildman–Crippen LogP) is 2.16. The van der Waals surface area contributed by atoms with Crippen LogP contribution in [0.2, 0.25) is 0 Å². The molecule has 0 aromatic heterocycles. The van der Waals surface area contributed by atoms with Crippen LogP contribution in [0.25, 0.3) is 0 Å². The minimum Gasteiger partial charge on any atom is -0.493 e. The zero-order valence-electron chi connectivity index (χ0n) is 11.6. The summed E-state index contributed by atoms with van der Waals surface area (Å²) in [6.45, 7) is 0.751. The molecular formula is C17H16N2O2. The van der Waals surface area contributed by atoms with Crippen molar-refractivity contribution in [2.75, 3.05) is 11.9 Å². The molecule has 0 saturated heterocycles. The molecule has 0 saturated carbocycles. The molecule has 4 nitrogen and oxygen atoms in total. The Hall–Kier alpha value is -2.33. The summed E-state index contributed by atoms with van der Waals surface area (Å²) in [7, 11) is 0. The first-order chi connectivity index (χ1) is 10.2. The normalized spacial score (nSPS) is 16.9. The van der Waals surface area contributed by atoms with Gasteiger partial charge in [0, 0.05) is 12.1 Å². The first-order valence-corrected chi connectivity index (χ1v) is 7.14. The number of benzene rings is 2. The monoisotopic (exact) mass is 280 g/mol. The van der Waals surface area contributed by atoms with Gasteiger partial charge in [-0.05, 0) is 34.4 Å². The Morgan fingerprint density at radius 2 is 1.86 bits per heavy atom. The van der Waals surface area contributed by atoms with E-state index in [1.54, 1.807) is 0 Å². The molecule has 0 radical (unpaired) electrons. The van der Waals surface area contributed by atoms with E-state index < -0.39 is 0 Å². The van der Waals surface area contributed by atoms with Gasteiger partial charge in [0.2, 0.25) is 5.91 Å². The van der Waals surface area contributed by atoms with Crippen molar-refractivity contribution in [2.24, 2.45) is 5.73 Å². The lowest BCUT2D eigenvalue weighted by Crippen LogP contribution is -2.12. The summed E-state index contributed by atoms with van der Waals surface area (Å²) in [6.07, 6.45) is 1.38. The molecule has 1 unspecified atom stereocenters. The summed E-state index contributed by atoms with van der Waals surface area (Å²) in [4.78, 5) is 11.4. The molecule has 1 amide bonds. The molecule has 0 fully saturated rings. The van der Waals surface area contributed by atoms with E-state index >= 15 is 0 Å². The van der Waals surface area contributed by atoms with E-state index in [1.807, 2.05) is 30.3 Å². The van der Waals surface area contributed by atoms with Gasteiger partial charge in [-0.3, -0.25) is 4.79 Å². The van der Waals surface area contributed by atoms with Crippen molar-refractivity contribution in [1.29, 1.82) is 0 Å². The molecular weight excluding hydrogens is 264 g/mol. The molecule has 0 aliphatic carbocycles. The summed E-state index contributed by atoms with van der Waals surface area (Å²) in [6, 6.07) is 11.9. The van der Waals surface area contributed by atoms with Gasteiger partial charge in [-0.15, -0.1) is 0 Å². The first-order valence-electron chi connectivity index (χ1n) is 7.14. The molecule has 3 N–H and O–H groups in total. The molecule has 0 bridgehead atoms. The number of amides is 1. The lowest BCUT2D eigenvalue weighted by molar-refractivity contribution is -0.115. The zero-order chi connectivity index (χ0) is 14.4. The summed E-state index contributed by atoms with van der Waals surface area (Å²) >= 11 is 0. The third-order valence-electron chi connectivity index (χ3n) is 4.19. The molecule has 1 atom stereocenters. The molecule has 106 valence electrons. The second-order valence-electron chi connectivity index (χ2n) is 5.58. The Balaban J connectivity index is 1.67. The topological polar surface area (TPSA) is 64.4 Å². The van der Waals surface area contributed by atoms with Crippen molar-refractivity contribution >= 4 is 11.6 Å². The van der Waals surface area contributed by atoms with Crippen LogP contribution < -0.4 is 15.8 Å². The Bertz CT molecular complexity index is 740. The Labute approximate surface area is 122 Å². The van der Waals surface area contributed by atoms with Crippen molar-refractivity contribution < 1.29 is 9.53 Å². The number of nitrogens with one attached hydrogen (secondary N) is 1. The maximum atomic E-state index is 11.4. The number of fused-ring (bicyclic) bond motifs is 2. The highest BCUT2D eigenvalue weighted by atomic mass is 16.5. The average molecular weight is 280 g/mol. The molecule has 2 aromatic rings. The van der Waals surface area contributed by atoms with Gasteiger partial charge in [-0.25, -0.2) is 0 Å². The standard InChI is InChI=1S/C17H16N2O2/c18-17(12-2-4-15-10(7-12)5-6-21-15)11-1-3-14-13(8-11)9-16(20)19-14/h1-4,7-8,17H,5-6,9,18H2,(H,19,20). The molecule has 2 aliphatic heterocycles. The minimum atomic E-state index is -0.183. The van der Waals surface area contributed by atoms with Crippen LogP contribution in [0, 0.1) is 0 Å². The first kappa shape index (κ1) is 12.4. The van der Waals surface area contributed by atoms with Crippen LogP contribution in [0.1, 0.15) is 28.3 Å². The third-order valence-corrected chi connectivity index (χ3v) is 4.19. The second-order valence-corrected chi connectivity index (χ2v) is 5.58. The van der Waals surface area contributed by atoms with Crippen molar-refractivity contribution in [1.82, 2.24) is 0 Å². The number of rotatable bonds is 2. The van der Waals surface area contributed by atoms with Gasteiger partial charge in [-0.1, -0.05) is 24.3 Å². The van der Waals surface area contributed by atoms with Gasteiger partial charge in [-0.2, -0.15) is 0 Å². The molecule has 2 aliphatic rings. The van der Waals surface area contributed by atoms with E-state index in [1.165, 1.54) is 5.56 Å². The van der Waals surface area contributed by atoms with E-state index in [0.717, 1.165) is 41.2 Å². The number of anilines is 1. The number of ether oxygens (including phenoxy) is 1. The fraction of sp³-hybridized carbons (Fsp3) is 0.235. The second kappa shape index (κ2) is 4.60. The fourth-order valence-electron chi connectivity index (χ4n) is 3.04. The van der Waals surface area contributed by atoms with Crippen molar-refractivity contribution in [3.63, 3.8) is 0 Å². The third kappa shape index (κ3) is 2.08. The average Bonchev–Trinajstić information content (AvgIpc) is 3.09. The van der Waals surface area contributed by atoms with Crippen LogP contribution in [-0.2, 0) is 17.6 Å². The van der Waals surface area contributed by atoms with E-state index in [9.17, 15) is 4.79 Å². The summed E-state index contributed by atoms with van der Waals surface area (Å²) in [5.74, 6) is 1.01. The van der Waals surface area contributed by atoms with Crippen LogP contribution >= 0.6 is 0 Å². The van der Waals surface area contributed by atoms with Gasteiger partial charge < -0.3 is 15.8 Å². The largest absolute Gasteiger partial charge is 0.493 e. The van der Waals surface area contributed by atoms with E-state index in [2.05, 4.69) is 11.4 Å². The van der Waals surface area contributed by atoms with Gasteiger partial charge >= 0.3 is 0 Å². The predicted molar refractivity (Wildman–Crippen MR) is 80.4 cm³/mol. The van der Waals surface area contributed by atoms with E-state index in [4.69, 9.17) is 10.5 Å². The van der Waals surface area contributed by atoms with Gasteiger partial charge in [0.05, 0.1) is 19.1 Å². The maximum absolute atomic E-state index is 11.4. The van der Waals surface area contributed by atoms with Gasteiger partial charge in [0.25, 0.3) is 0 Å². The smallest absolute Gasteiger partial charge is 0.228 e. The van der Waals surface area contributed by atoms with Crippen molar-refractivity contribution in [2.45, 2.75) is 18.9 Å². The lowest BCUT2D eigenvalue weighted by atomic mass is 9.95. The number of nitrogens with two attached hydrogens (primary N) is 1. The maximum Gasteiger partial charge on any atom is 0.228 e. The van der Waals surface area contributed by atoms with Crippen LogP contribution in [-0.4, -0.2) is 12.5 Å². The molecule has 2 heterocycles.